The van der Waals surface area contributed by atoms with Crippen molar-refractivity contribution in [1.29, 1.82) is 0 Å². The van der Waals surface area contributed by atoms with Crippen LogP contribution in [0.15, 0.2) is 18.2 Å². The van der Waals surface area contributed by atoms with Crippen LogP contribution in [0.3, 0.4) is 0 Å². The second kappa shape index (κ2) is 9.14. The zero-order valence-electron chi connectivity index (χ0n) is 15.6. The van der Waals surface area contributed by atoms with Crippen molar-refractivity contribution in [3.8, 4) is 0 Å². The molecule has 2 aliphatic rings. The van der Waals surface area contributed by atoms with E-state index in [2.05, 4.69) is 10.6 Å². The molecule has 2 saturated heterocycles. The number of anilines is 1. The SMILES string of the molecule is Cc1ccc(C(=O)N2CCOCC2)cc1NC(=O)CCC1CCNCC1. The molecule has 0 aromatic heterocycles. The summed E-state index contributed by atoms with van der Waals surface area (Å²) in [6.07, 6.45) is 3.76. The van der Waals surface area contributed by atoms with Gasteiger partial charge in [0.25, 0.3) is 5.91 Å². The summed E-state index contributed by atoms with van der Waals surface area (Å²) < 4.78 is 5.30. The molecule has 2 amide bonds. The Hall–Kier alpha value is -1.92. The van der Waals surface area contributed by atoms with Crippen LogP contribution in [0.5, 0.6) is 0 Å². The zero-order chi connectivity index (χ0) is 18.4. The highest BCUT2D eigenvalue weighted by Crippen LogP contribution is 2.21. The van der Waals surface area contributed by atoms with E-state index in [9.17, 15) is 9.59 Å². The number of ether oxygens (including phenoxy) is 1. The topological polar surface area (TPSA) is 70.7 Å². The highest BCUT2D eigenvalue weighted by atomic mass is 16.5. The van der Waals surface area contributed by atoms with Crippen LogP contribution in [0.2, 0.25) is 0 Å². The van der Waals surface area contributed by atoms with Crippen LogP contribution in [-0.4, -0.2) is 56.1 Å². The van der Waals surface area contributed by atoms with Crippen molar-refractivity contribution >= 4 is 17.5 Å². The molecule has 0 unspecified atom stereocenters. The molecule has 2 aliphatic heterocycles. The smallest absolute Gasteiger partial charge is 0.254 e. The lowest BCUT2D eigenvalue weighted by atomic mass is 9.93. The Labute approximate surface area is 155 Å². The van der Waals surface area contributed by atoms with Crippen LogP contribution < -0.4 is 10.6 Å². The average Bonchev–Trinajstić information content (AvgIpc) is 2.69. The molecule has 26 heavy (non-hydrogen) atoms. The minimum atomic E-state index is -0.00138. The first-order valence-corrected chi connectivity index (χ1v) is 9.62. The zero-order valence-corrected chi connectivity index (χ0v) is 15.6. The Bertz CT molecular complexity index is 635. The second-order valence-electron chi connectivity index (χ2n) is 7.21. The molecule has 2 heterocycles. The number of benzene rings is 1. The Morgan fingerprint density at radius 3 is 2.69 bits per heavy atom. The van der Waals surface area contributed by atoms with Gasteiger partial charge in [-0.25, -0.2) is 0 Å². The van der Waals surface area contributed by atoms with Gasteiger partial charge in [-0.1, -0.05) is 6.07 Å². The number of aryl methyl sites for hydroxylation is 1. The van der Waals surface area contributed by atoms with Crippen molar-refractivity contribution in [1.82, 2.24) is 10.2 Å². The van der Waals surface area contributed by atoms with Crippen LogP contribution in [0.1, 0.15) is 41.6 Å². The number of hydrogen-bond donors (Lipinski definition) is 2. The van der Waals surface area contributed by atoms with E-state index in [1.54, 1.807) is 11.0 Å². The number of carbonyl (C=O) groups is 2. The summed E-state index contributed by atoms with van der Waals surface area (Å²) in [6, 6.07) is 5.53. The van der Waals surface area contributed by atoms with Gasteiger partial charge in [0.05, 0.1) is 13.2 Å². The Morgan fingerprint density at radius 2 is 1.96 bits per heavy atom. The van der Waals surface area contributed by atoms with Crippen molar-refractivity contribution in [3.05, 3.63) is 29.3 Å². The molecular formula is C20H29N3O3. The standard InChI is InChI=1S/C20H29N3O3/c1-15-2-4-17(20(25)23-10-12-26-13-11-23)14-18(15)22-19(24)5-3-16-6-8-21-9-7-16/h2,4,14,16,21H,3,5-13H2,1H3,(H,22,24). The van der Waals surface area contributed by atoms with Gasteiger partial charge < -0.3 is 20.3 Å². The normalized spacial score (nSPS) is 18.6. The maximum atomic E-state index is 12.6. The summed E-state index contributed by atoms with van der Waals surface area (Å²) in [5, 5.41) is 6.35. The number of amides is 2. The number of piperidine rings is 1. The van der Waals surface area contributed by atoms with E-state index in [0.717, 1.165) is 43.6 Å². The van der Waals surface area contributed by atoms with E-state index >= 15 is 0 Å². The van der Waals surface area contributed by atoms with Crippen LogP contribution in [0.25, 0.3) is 0 Å². The molecule has 142 valence electrons. The van der Waals surface area contributed by atoms with Crippen molar-refractivity contribution in [3.63, 3.8) is 0 Å². The van der Waals surface area contributed by atoms with Gasteiger partial charge in [-0.15, -0.1) is 0 Å². The molecule has 0 saturated carbocycles. The summed E-state index contributed by atoms with van der Waals surface area (Å²) in [7, 11) is 0. The quantitative estimate of drug-likeness (QED) is 0.845. The summed E-state index contributed by atoms with van der Waals surface area (Å²) in [6.45, 7) is 6.45. The summed E-state index contributed by atoms with van der Waals surface area (Å²) in [4.78, 5) is 26.8. The van der Waals surface area contributed by atoms with E-state index in [1.165, 1.54) is 0 Å². The lowest BCUT2D eigenvalue weighted by Crippen LogP contribution is -2.40. The summed E-state index contributed by atoms with van der Waals surface area (Å²) in [5.41, 5.74) is 2.32. The van der Waals surface area contributed by atoms with E-state index in [-0.39, 0.29) is 11.8 Å². The predicted octanol–water partition coefficient (Wildman–Crippen LogP) is 2.19. The van der Waals surface area contributed by atoms with Crippen molar-refractivity contribution in [2.24, 2.45) is 5.92 Å². The fourth-order valence-corrected chi connectivity index (χ4v) is 3.56. The molecule has 3 rings (SSSR count). The van der Waals surface area contributed by atoms with Crippen LogP contribution in [0.4, 0.5) is 5.69 Å². The number of carbonyl (C=O) groups excluding carboxylic acids is 2. The maximum absolute atomic E-state index is 12.6. The van der Waals surface area contributed by atoms with Crippen molar-refractivity contribution in [2.75, 3.05) is 44.7 Å². The molecule has 0 atom stereocenters. The van der Waals surface area contributed by atoms with Gasteiger partial charge in [0, 0.05) is 30.8 Å². The van der Waals surface area contributed by atoms with Gasteiger partial charge >= 0.3 is 0 Å². The largest absolute Gasteiger partial charge is 0.378 e. The first-order chi connectivity index (χ1) is 12.6. The molecule has 0 radical (unpaired) electrons. The molecule has 2 fully saturated rings. The number of nitrogens with zero attached hydrogens (tertiary/aromatic N) is 1. The third-order valence-electron chi connectivity index (χ3n) is 5.30. The van der Waals surface area contributed by atoms with Gasteiger partial charge in [0.2, 0.25) is 5.91 Å². The molecule has 0 aliphatic carbocycles. The van der Waals surface area contributed by atoms with Gasteiger partial charge in [0.15, 0.2) is 0 Å². The number of nitrogens with one attached hydrogen (secondary N) is 2. The van der Waals surface area contributed by atoms with Crippen LogP contribution in [0, 0.1) is 12.8 Å². The molecular weight excluding hydrogens is 330 g/mol. The lowest BCUT2D eigenvalue weighted by molar-refractivity contribution is -0.116. The average molecular weight is 359 g/mol. The highest BCUT2D eigenvalue weighted by Gasteiger charge is 2.20. The molecule has 1 aromatic rings. The maximum Gasteiger partial charge on any atom is 0.254 e. The van der Waals surface area contributed by atoms with E-state index in [0.29, 0.717) is 44.2 Å². The number of morpholine rings is 1. The van der Waals surface area contributed by atoms with Gasteiger partial charge in [-0.3, -0.25) is 9.59 Å². The predicted molar refractivity (Wildman–Crippen MR) is 101 cm³/mol. The first-order valence-electron chi connectivity index (χ1n) is 9.62. The van der Waals surface area contributed by atoms with Gasteiger partial charge in [-0.2, -0.15) is 0 Å². The molecule has 0 spiro atoms. The number of rotatable bonds is 5. The minimum Gasteiger partial charge on any atom is -0.378 e. The number of hydrogen-bond acceptors (Lipinski definition) is 4. The molecule has 2 N–H and O–H groups in total. The molecule has 1 aromatic carbocycles. The molecule has 6 heteroatoms. The Morgan fingerprint density at radius 1 is 1.23 bits per heavy atom. The van der Waals surface area contributed by atoms with E-state index < -0.39 is 0 Å². The first kappa shape index (κ1) is 18.9. The second-order valence-corrected chi connectivity index (χ2v) is 7.21. The lowest BCUT2D eigenvalue weighted by Gasteiger charge is -2.27. The molecule has 6 nitrogen and oxygen atoms in total. The minimum absolute atomic E-state index is 0.00138. The van der Waals surface area contributed by atoms with E-state index in [1.807, 2.05) is 19.1 Å². The Balaban J connectivity index is 1.58. The van der Waals surface area contributed by atoms with Crippen LogP contribution in [-0.2, 0) is 9.53 Å². The van der Waals surface area contributed by atoms with Gasteiger partial charge in [-0.05, 0) is 62.9 Å². The van der Waals surface area contributed by atoms with Gasteiger partial charge in [0.1, 0.15) is 0 Å². The Kier molecular flexibility index (Phi) is 6.63. The summed E-state index contributed by atoms with van der Waals surface area (Å²) >= 11 is 0. The fourth-order valence-electron chi connectivity index (χ4n) is 3.56. The van der Waals surface area contributed by atoms with Crippen molar-refractivity contribution in [2.45, 2.75) is 32.6 Å². The molecule has 0 bridgehead atoms. The van der Waals surface area contributed by atoms with E-state index in [4.69, 9.17) is 4.74 Å². The third-order valence-corrected chi connectivity index (χ3v) is 5.30. The fraction of sp³-hybridized carbons (Fsp3) is 0.600. The monoisotopic (exact) mass is 359 g/mol. The summed E-state index contributed by atoms with van der Waals surface area (Å²) in [5.74, 6) is 0.665. The highest BCUT2D eigenvalue weighted by molar-refractivity contribution is 5.97. The third kappa shape index (κ3) is 5.05. The van der Waals surface area contributed by atoms with Crippen molar-refractivity contribution < 1.29 is 14.3 Å². The van der Waals surface area contributed by atoms with Crippen LogP contribution >= 0.6 is 0 Å².